The van der Waals surface area contributed by atoms with Crippen molar-refractivity contribution in [2.45, 2.75) is 169 Å². The molecule has 0 radical (unpaired) electrons. The van der Waals surface area contributed by atoms with Gasteiger partial charge in [-0.2, -0.15) is 0 Å². The maximum absolute atomic E-state index is 14.9. The fourth-order valence-corrected chi connectivity index (χ4v) is 14.6. The van der Waals surface area contributed by atoms with Gasteiger partial charge in [0.15, 0.2) is 11.2 Å². The molecular formula is C75H94N10O16S. The van der Waals surface area contributed by atoms with Crippen molar-refractivity contribution in [2.75, 3.05) is 48.8 Å². The Morgan fingerprint density at radius 1 is 0.892 bits per heavy atom. The monoisotopic (exact) mass is 1420 g/mol. The van der Waals surface area contributed by atoms with Crippen LogP contribution >= 0.6 is 11.3 Å². The molecule has 27 heteroatoms. The Bertz CT molecular complexity index is 4220. The fourth-order valence-electron chi connectivity index (χ4n) is 13.5. The normalized spacial score (nSPS) is 23.1. The fraction of sp³-hybridized carbons (Fsp3) is 0.480. The summed E-state index contributed by atoms with van der Waals surface area (Å²) in [6.07, 6.45) is 12.5. The van der Waals surface area contributed by atoms with Crippen molar-refractivity contribution in [1.29, 1.82) is 0 Å². The lowest BCUT2D eigenvalue weighted by atomic mass is 9.82. The summed E-state index contributed by atoms with van der Waals surface area (Å²) < 4.78 is 19.0. The second-order valence-corrected chi connectivity index (χ2v) is 28.9. The standard InChI is InChI=1S/C75H94N10O16S/c1-40(2)61(81-55(87)19-12-11-13-32-85-56(88)26-27-57(85)89)72(96)80-52(18-15-31-77-73(76)97)71(95)78-48-22-20-47(21-23-48)39-99-74(98)83(10)49-28-33-84(34-29-49)50-24-25-51-54(38-50)102-68-62(79-51)58-59-65(91)46(8)67-60(58)69(93)75(9,101-67)100-35-30-53(86)45(7)64(90)44(6)37-42(4)36-41(3)16-14-17-43(5)70(94)82-63(68)66(59)92/h14,16-17,20-27,30,35,38,40-42,44-45,49,52-53,61,64,86,90,92H,11-13,15,18-19,28-29,31-34,36-37,39H2,1-10H3,(H,78,95)(H,80,96)(H,81,87)(H,82,94)(H3,76,77,97)/b16-14+,35-30+,43-17-/t41-,42+,44+,45+,52-,53-,61-,64-,75-/m0/s1. The SMILES string of the molecule is C/C1=C/C=C/[C@H](C)C[C@@H](C)C[C@@H](C)[C@H](O)[C@H](C)[C@@H](O)/C=C/O[C@@]2(C)Oc3c(C)c(=O)c4c(O)c(c5sc6cc(N7CCC(N(C)C(=O)OCc8ccc(NC(=O)[C@H](CCCNC(N)=O)NC(=O)[C@@H](NC(=O)CCCCCN9C(=O)C=CC9=O)C(C)C)cc8)CC7)ccc6nc5c4c3C2=O)NC1=O. The maximum atomic E-state index is 14.9. The number of aromatic nitrogens is 1. The molecule has 0 spiro atoms. The van der Waals surface area contributed by atoms with Gasteiger partial charge in [-0.3, -0.25) is 43.3 Å². The van der Waals surface area contributed by atoms with Crippen molar-refractivity contribution < 1.29 is 72.7 Å². The van der Waals surface area contributed by atoms with Gasteiger partial charge >= 0.3 is 17.9 Å². The zero-order chi connectivity index (χ0) is 74.0. The highest BCUT2D eigenvalue weighted by Crippen LogP contribution is 2.50. The van der Waals surface area contributed by atoms with E-state index in [0.29, 0.717) is 78.7 Å². The molecule has 0 unspecified atom stereocenters. The summed E-state index contributed by atoms with van der Waals surface area (Å²) in [7, 11) is 1.68. The Labute approximate surface area is 596 Å². The van der Waals surface area contributed by atoms with Gasteiger partial charge in [0.2, 0.25) is 17.7 Å². The second-order valence-electron chi connectivity index (χ2n) is 27.9. The summed E-state index contributed by atoms with van der Waals surface area (Å²) in [6.45, 7) is 17.3. The van der Waals surface area contributed by atoms with Gasteiger partial charge in [0, 0.05) is 98.6 Å². The Morgan fingerprint density at radius 2 is 1.60 bits per heavy atom. The Balaban J connectivity index is 0.858. The number of rotatable bonds is 20. The van der Waals surface area contributed by atoms with Gasteiger partial charge in [-0.05, 0) is 131 Å². The third-order valence-corrected chi connectivity index (χ3v) is 20.7. The zero-order valence-electron chi connectivity index (χ0n) is 59.4. The van der Waals surface area contributed by atoms with Gasteiger partial charge in [-0.15, -0.1) is 11.3 Å². The number of aromatic hydroxyl groups is 1. The van der Waals surface area contributed by atoms with Crippen LogP contribution in [0, 0.1) is 36.5 Å². The van der Waals surface area contributed by atoms with E-state index in [9.17, 15) is 63.3 Å². The van der Waals surface area contributed by atoms with Crippen LogP contribution in [-0.4, -0.2) is 153 Å². The van der Waals surface area contributed by atoms with Gasteiger partial charge in [0.25, 0.3) is 23.5 Å². The number of imide groups is 1. The number of urea groups is 1. The molecular weight excluding hydrogens is 1330 g/mol. The number of phenols is 1. The molecule has 0 saturated carbocycles. The number of primary amides is 1. The van der Waals surface area contributed by atoms with E-state index in [-0.39, 0.29) is 130 Å². The molecule has 4 aromatic carbocycles. The van der Waals surface area contributed by atoms with Crippen molar-refractivity contribution in [3.63, 3.8) is 0 Å². The summed E-state index contributed by atoms with van der Waals surface area (Å²) in [5, 5.41) is 48.5. The lowest BCUT2D eigenvalue weighted by Gasteiger charge is -2.37. The average Bonchev–Trinajstić information content (AvgIpc) is 1.41. The number of amides is 9. The van der Waals surface area contributed by atoms with Crippen LogP contribution in [-0.2, 0) is 44.8 Å². The number of hydrogen-bond acceptors (Lipinski definition) is 19. The highest BCUT2D eigenvalue weighted by Gasteiger charge is 2.49. The van der Waals surface area contributed by atoms with E-state index in [1.807, 2.05) is 31.2 Å². The number of hydrogen-bond donors (Lipinski definition) is 9. The van der Waals surface area contributed by atoms with Crippen molar-refractivity contribution >= 4 is 113 Å². The number of aliphatic hydroxyl groups is 2. The number of benzene rings is 4. The molecule has 1 aromatic heterocycles. The van der Waals surface area contributed by atoms with Crippen LogP contribution in [0.25, 0.3) is 31.2 Å². The molecule has 1 fully saturated rings. The van der Waals surface area contributed by atoms with Crippen LogP contribution < -0.4 is 47.4 Å². The number of carbonyl (C=O) groups is 9. The molecule has 1 saturated heterocycles. The molecule has 0 aliphatic carbocycles. The first-order chi connectivity index (χ1) is 48.4. The van der Waals surface area contributed by atoms with E-state index in [0.717, 1.165) is 23.3 Å². The van der Waals surface area contributed by atoms with Crippen LogP contribution in [0.1, 0.15) is 141 Å². The van der Waals surface area contributed by atoms with Gasteiger partial charge in [0.05, 0.1) is 49.9 Å². The number of aliphatic hydroxyl groups excluding tert-OH is 2. The number of unbranched alkanes of at least 4 members (excludes halogenated alkanes) is 2. The van der Waals surface area contributed by atoms with Crippen LogP contribution in [0.4, 0.5) is 26.7 Å². The number of phenolic OH excluding ortho intramolecular Hbond substituents is 1. The quantitative estimate of drug-likeness (QED) is 0.0115. The third kappa shape index (κ3) is 17.9. The summed E-state index contributed by atoms with van der Waals surface area (Å²) >= 11 is 1.20. The number of ketones is 1. The number of allylic oxidation sites excluding steroid dienone is 3. The number of Topliss-reactive ketones (excluding diaryl/α,β-unsaturated/α-hetero) is 1. The Hall–Kier alpha value is -9.73. The minimum atomic E-state index is -2.04. The van der Waals surface area contributed by atoms with Crippen molar-refractivity contribution in [3.8, 4) is 11.5 Å². The Kier molecular flexibility index (Phi) is 25.0. The lowest BCUT2D eigenvalue weighted by Crippen LogP contribution is -2.54. The summed E-state index contributed by atoms with van der Waals surface area (Å²) in [6, 6.07) is 9.30. The third-order valence-electron chi connectivity index (χ3n) is 19.6. The number of anilines is 3. The maximum Gasteiger partial charge on any atom is 0.410 e. The molecule has 5 aromatic rings. The predicted octanol–water partition coefficient (Wildman–Crippen LogP) is 9.03. The van der Waals surface area contributed by atoms with Crippen LogP contribution in [0.15, 0.2) is 95.6 Å². The molecule has 5 aliphatic heterocycles. The summed E-state index contributed by atoms with van der Waals surface area (Å²) in [4.78, 5) is 143. The number of fused-ring (bicyclic) bond motifs is 14. The van der Waals surface area contributed by atoms with E-state index in [1.165, 1.54) is 43.4 Å². The van der Waals surface area contributed by atoms with Crippen molar-refractivity contribution in [1.82, 2.24) is 30.7 Å². The average molecular weight is 1420 g/mol. The molecule has 546 valence electrons. The first kappa shape index (κ1) is 76.4. The van der Waals surface area contributed by atoms with Crippen molar-refractivity contribution in [2.24, 2.45) is 35.3 Å². The van der Waals surface area contributed by atoms with E-state index >= 15 is 0 Å². The molecule has 5 aliphatic rings. The second kappa shape index (κ2) is 33.4. The number of nitrogens with one attached hydrogen (secondary N) is 5. The lowest BCUT2D eigenvalue weighted by molar-refractivity contribution is -0.137. The topological polar surface area (TPSA) is 368 Å². The molecule has 9 atom stereocenters. The molecule has 5 bridgehead atoms. The van der Waals surface area contributed by atoms with Gasteiger partial charge < -0.3 is 71.6 Å². The van der Waals surface area contributed by atoms with Gasteiger partial charge in [-0.1, -0.05) is 78.3 Å². The predicted molar refractivity (Wildman–Crippen MR) is 388 cm³/mol. The highest BCUT2D eigenvalue weighted by molar-refractivity contribution is 7.25. The number of nitrogens with zero attached hydrogens (tertiary/aromatic N) is 4. The minimum absolute atomic E-state index is 0.00552. The Morgan fingerprint density at radius 3 is 2.28 bits per heavy atom. The largest absolute Gasteiger partial charge is 0.505 e. The van der Waals surface area contributed by atoms with Crippen LogP contribution in [0.2, 0.25) is 0 Å². The van der Waals surface area contributed by atoms with E-state index < -0.39 is 82.8 Å². The number of piperidine rings is 1. The number of nitrogens with two attached hydrogens (primary N) is 1. The van der Waals surface area contributed by atoms with E-state index in [1.54, 1.807) is 76.1 Å². The van der Waals surface area contributed by atoms with E-state index in [2.05, 4.69) is 45.3 Å². The van der Waals surface area contributed by atoms with Crippen LogP contribution in [0.5, 0.6) is 11.5 Å². The number of carbonyl (C=O) groups excluding carboxylic acids is 9. The smallest absolute Gasteiger partial charge is 0.410 e. The molecule has 102 heavy (non-hydrogen) atoms. The molecule has 6 heterocycles. The summed E-state index contributed by atoms with van der Waals surface area (Å²) in [5.41, 5.74) is 7.24. The first-order valence-corrected chi connectivity index (χ1v) is 35.7. The van der Waals surface area contributed by atoms with Crippen LogP contribution in [0.3, 0.4) is 0 Å². The first-order valence-electron chi connectivity index (χ1n) is 34.9. The molecule has 10 N–H and O–H groups in total. The highest BCUT2D eigenvalue weighted by atomic mass is 32.1. The number of ether oxygens (including phenoxy) is 3. The molecule has 26 nitrogen and oxygen atoms in total. The molecule has 10 rings (SSSR count). The van der Waals surface area contributed by atoms with Gasteiger partial charge in [0.1, 0.15) is 30.1 Å². The minimum Gasteiger partial charge on any atom is -0.505 e. The van der Waals surface area contributed by atoms with E-state index in [4.69, 9.17) is 24.9 Å². The summed E-state index contributed by atoms with van der Waals surface area (Å²) in [5.74, 6) is -6.99. The zero-order valence-corrected chi connectivity index (χ0v) is 60.2. The van der Waals surface area contributed by atoms with Crippen molar-refractivity contribution in [3.05, 3.63) is 118 Å². The van der Waals surface area contributed by atoms with Gasteiger partial charge in [-0.25, -0.2) is 14.6 Å². The molecule has 9 amide bonds.